The molecule has 1 heterocycles. The van der Waals surface area contributed by atoms with Crippen molar-refractivity contribution in [3.63, 3.8) is 0 Å². The molecule has 0 bridgehead atoms. The summed E-state index contributed by atoms with van der Waals surface area (Å²) in [7, 11) is 3.19. The molecule has 0 spiro atoms. The number of likely N-dealkylation sites (tertiary alicyclic amines) is 1. The Bertz CT molecular complexity index is 483. The van der Waals surface area contributed by atoms with Gasteiger partial charge in [0.25, 0.3) is 5.91 Å². The quantitative estimate of drug-likeness (QED) is 0.921. The monoisotopic (exact) mass is 314 g/mol. The highest BCUT2D eigenvalue weighted by Crippen LogP contribution is 2.30. The summed E-state index contributed by atoms with van der Waals surface area (Å²) in [6.45, 7) is 4.03. The van der Waals surface area contributed by atoms with E-state index in [0.717, 1.165) is 25.1 Å². The van der Waals surface area contributed by atoms with E-state index in [9.17, 15) is 4.79 Å². The van der Waals surface area contributed by atoms with Crippen LogP contribution in [0.4, 0.5) is 0 Å². The van der Waals surface area contributed by atoms with Crippen LogP contribution >= 0.6 is 12.4 Å². The summed E-state index contributed by atoms with van der Waals surface area (Å²) in [6.07, 6.45) is 0.975. The van der Waals surface area contributed by atoms with Crippen LogP contribution in [0.1, 0.15) is 22.3 Å². The van der Waals surface area contributed by atoms with Gasteiger partial charge in [0, 0.05) is 24.2 Å². The fourth-order valence-corrected chi connectivity index (χ4v) is 2.60. The predicted octanol–water partition coefficient (Wildman–Crippen LogP) is 1.85. The van der Waals surface area contributed by atoms with Crippen LogP contribution in [0.3, 0.4) is 0 Å². The van der Waals surface area contributed by atoms with Crippen LogP contribution in [0.5, 0.6) is 11.5 Å². The first-order valence-electron chi connectivity index (χ1n) is 6.82. The molecule has 0 radical (unpaired) electrons. The van der Waals surface area contributed by atoms with E-state index in [-0.39, 0.29) is 18.3 Å². The van der Waals surface area contributed by atoms with Gasteiger partial charge in [0.15, 0.2) is 0 Å². The van der Waals surface area contributed by atoms with Crippen molar-refractivity contribution in [2.75, 3.05) is 33.9 Å². The Hall–Kier alpha value is -1.46. The van der Waals surface area contributed by atoms with E-state index in [4.69, 9.17) is 15.2 Å². The zero-order chi connectivity index (χ0) is 14.7. The van der Waals surface area contributed by atoms with E-state index in [2.05, 4.69) is 0 Å². The van der Waals surface area contributed by atoms with E-state index in [0.29, 0.717) is 29.5 Å². The van der Waals surface area contributed by atoms with Gasteiger partial charge in [0.05, 0.1) is 14.2 Å². The third-order valence-corrected chi connectivity index (χ3v) is 3.91. The summed E-state index contributed by atoms with van der Waals surface area (Å²) in [4.78, 5) is 14.4. The summed E-state index contributed by atoms with van der Waals surface area (Å²) >= 11 is 0. The van der Waals surface area contributed by atoms with E-state index in [1.807, 2.05) is 11.8 Å². The van der Waals surface area contributed by atoms with E-state index >= 15 is 0 Å². The standard InChI is InChI=1S/C15H22N2O3.ClH/c1-10-13(19-2)6-12(7-14(10)20-3)15(18)17-5-4-11(8-16)9-17;/h6-7,11H,4-5,8-9,16H2,1-3H3;1H. The largest absolute Gasteiger partial charge is 0.496 e. The Morgan fingerprint density at radius 3 is 2.33 bits per heavy atom. The molecule has 0 saturated carbocycles. The molecule has 1 unspecified atom stereocenters. The van der Waals surface area contributed by atoms with Gasteiger partial charge in [0.1, 0.15) is 11.5 Å². The number of amides is 1. The van der Waals surface area contributed by atoms with Crippen LogP contribution in [0.25, 0.3) is 0 Å². The highest BCUT2D eigenvalue weighted by atomic mass is 35.5. The topological polar surface area (TPSA) is 64.8 Å². The van der Waals surface area contributed by atoms with Crippen molar-refractivity contribution >= 4 is 18.3 Å². The summed E-state index contributed by atoms with van der Waals surface area (Å²) in [6, 6.07) is 3.55. The minimum Gasteiger partial charge on any atom is -0.496 e. The zero-order valence-corrected chi connectivity index (χ0v) is 13.5. The third kappa shape index (κ3) is 3.60. The summed E-state index contributed by atoms with van der Waals surface area (Å²) in [5, 5.41) is 0. The molecular weight excluding hydrogens is 292 g/mol. The lowest BCUT2D eigenvalue weighted by Gasteiger charge is -2.18. The molecule has 2 N–H and O–H groups in total. The molecule has 5 nitrogen and oxygen atoms in total. The van der Waals surface area contributed by atoms with Crippen molar-refractivity contribution < 1.29 is 14.3 Å². The van der Waals surface area contributed by atoms with Crippen LogP contribution in [0.15, 0.2) is 12.1 Å². The molecule has 6 heteroatoms. The van der Waals surface area contributed by atoms with Crippen LogP contribution in [0.2, 0.25) is 0 Å². The number of carbonyl (C=O) groups is 1. The molecule has 1 fully saturated rings. The van der Waals surface area contributed by atoms with Gasteiger partial charge in [-0.3, -0.25) is 4.79 Å². The first kappa shape index (κ1) is 17.6. The van der Waals surface area contributed by atoms with Gasteiger partial charge < -0.3 is 20.1 Å². The van der Waals surface area contributed by atoms with Crippen molar-refractivity contribution in [2.24, 2.45) is 11.7 Å². The molecule has 1 amide bonds. The molecule has 0 aliphatic carbocycles. The molecule has 1 saturated heterocycles. The minimum atomic E-state index is 0. The minimum absolute atomic E-state index is 0. The second-order valence-corrected chi connectivity index (χ2v) is 5.15. The molecule has 1 aliphatic heterocycles. The average molecular weight is 315 g/mol. The second kappa shape index (κ2) is 7.52. The molecule has 21 heavy (non-hydrogen) atoms. The molecule has 2 rings (SSSR count). The lowest BCUT2D eigenvalue weighted by molar-refractivity contribution is 0.0787. The van der Waals surface area contributed by atoms with Gasteiger partial charge in [-0.05, 0) is 37.9 Å². The van der Waals surface area contributed by atoms with Crippen molar-refractivity contribution in [3.8, 4) is 11.5 Å². The number of hydrogen-bond donors (Lipinski definition) is 1. The average Bonchev–Trinajstić information content (AvgIpc) is 2.95. The summed E-state index contributed by atoms with van der Waals surface area (Å²) in [5.41, 5.74) is 7.16. The summed E-state index contributed by atoms with van der Waals surface area (Å²) in [5.74, 6) is 1.76. The number of halogens is 1. The molecule has 1 atom stereocenters. The Morgan fingerprint density at radius 1 is 1.33 bits per heavy atom. The third-order valence-electron chi connectivity index (χ3n) is 3.91. The van der Waals surface area contributed by atoms with Crippen molar-refractivity contribution in [1.29, 1.82) is 0 Å². The van der Waals surface area contributed by atoms with Crippen molar-refractivity contribution in [3.05, 3.63) is 23.3 Å². The fraction of sp³-hybridized carbons (Fsp3) is 0.533. The number of methoxy groups -OCH3 is 2. The van der Waals surface area contributed by atoms with Gasteiger partial charge in [-0.1, -0.05) is 0 Å². The fourth-order valence-electron chi connectivity index (χ4n) is 2.60. The molecular formula is C15H23ClN2O3. The lowest BCUT2D eigenvalue weighted by atomic mass is 10.1. The maximum atomic E-state index is 12.5. The molecule has 1 aromatic carbocycles. The highest BCUT2D eigenvalue weighted by molar-refractivity contribution is 5.95. The number of ether oxygens (including phenoxy) is 2. The van der Waals surface area contributed by atoms with Crippen LogP contribution < -0.4 is 15.2 Å². The van der Waals surface area contributed by atoms with Crippen LogP contribution in [-0.2, 0) is 0 Å². The van der Waals surface area contributed by atoms with Gasteiger partial charge in [0.2, 0.25) is 0 Å². The predicted molar refractivity (Wildman–Crippen MR) is 84.6 cm³/mol. The first-order chi connectivity index (χ1) is 9.60. The van der Waals surface area contributed by atoms with E-state index < -0.39 is 0 Å². The Morgan fingerprint density at radius 2 is 1.90 bits per heavy atom. The normalized spacial score (nSPS) is 17.3. The molecule has 0 aromatic heterocycles. The maximum absolute atomic E-state index is 12.5. The van der Waals surface area contributed by atoms with E-state index in [1.165, 1.54) is 0 Å². The molecule has 1 aliphatic rings. The van der Waals surface area contributed by atoms with Gasteiger partial charge in [-0.25, -0.2) is 0 Å². The van der Waals surface area contributed by atoms with Gasteiger partial charge >= 0.3 is 0 Å². The zero-order valence-electron chi connectivity index (χ0n) is 12.7. The number of nitrogens with zero attached hydrogens (tertiary/aromatic N) is 1. The number of rotatable bonds is 4. The van der Waals surface area contributed by atoms with Crippen molar-refractivity contribution in [2.45, 2.75) is 13.3 Å². The summed E-state index contributed by atoms with van der Waals surface area (Å²) < 4.78 is 10.6. The molecule has 1 aromatic rings. The SMILES string of the molecule is COc1cc(C(=O)N2CCC(CN)C2)cc(OC)c1C.Cl. The Labute approximate surface area is 131 Å². The number of nitrogens with two attached hydrogens (primary N) is 1. The maximum Gasteiger partial charge on any atom is 0.254 e. The Kier molecular flexibility index (Phi) is 6.30. The van der Waals surface area contributed by atoms with Gasteiger partial charge in [-0.2, -0.15) is 0 Å². The second-order valence-electron chi connectivity index (χ2n) is 5.15. The number of carbonyl (C=O) groups excluding carboxylic acids is 1. The Balaban J connectivity index is 0.00000220. The van der Waals surface area contributed by atoms with Crippen molar-refractivity contribution in [1.82, 2.24) is 4.90 Å². The smallest absolute Gasteiger partial charge is 0.254 e. The van der Waals surface area contributed by atoms with Gasteiger partial charge in [-0.15, -0.1) is 12.4 Å². The van der Waals surface area contributed by atoms with E-state index in [1.54, 1.807) is 26.4 Å². The lowest BCUT2D eigenvalue weighted by Crippen LogP contribution is -2.29. The first-order valence-corrected chi connectivity index (χ1v) is 6.82. The highest BCUT2D eigenvalue weighted by Gasteiger charge is 2.27. The number of hydrogen-bond acceptors (Lipinski definition) is 4. The van der Waals surface area contributed by atoms with Crippen LogP contribution in [-0.4, -0.2) is 44.7 Å². The van der Waals surface area contributed by atoms with Crippen LogP contribution in [0, 0.1) is 12.8 Å². The molecule has 118 valence electrons. The number of benzene rings is 1.